The van der Waals surface area contributed by atoms with Crippen LogP contribution in [0.15, 0.2) is 40.4 Å². The molecule has 1 aliphatic rings. The van der Waals surface area contributed by atoms with Crippen LogP contribution in [0.5, 0.6) is 5.75 Å². The average molecular weight is 458 g/mol. The van der Waals surface area contributed by atoms with Gasteiger partial charge in [0.25, 0.3) is 5.56 Å². The molecule has 0 saturated heterocycles. The Morgan fingerprint density at radius 1 is 1.34 bits per heavy atom. The van der Waals surface area contributed by atoms with Crippen molar-refractivity contribution in [3.05, 3.63) is 51.4 Å². The van der Waals surface area contributed by atoms with Crippen molar-refractivity contribution >= 4 is 23.3 Å². The number of hydrogen-bond acceptors (Lipinski definition) is 6. The lowest BCUT2D eigenvalue weighted by molar-refractivity contribution is -0.143. The second-order valence-electron chi connectivity index (χ2n) is 8.60. The maximum atomic E-state index is 13.2. The molecule has 0 bridgehead atoms. The van der Waals surface area contributed by atoms with E-state index < -0.39 is 28.9 Å². The summed E-state index contributed by atoms with van der Waals surface area (Å²) < 4.78 is 6.65. The van der Waals surface area contributed by atoms with Crippen LogP contribution in [0, 0.1) is 22.7 Å². The summed E-state index contributed by atoms with van der Waals surface area (Å²) in [5.74, 6) is -1.53. The van der Waals surface area contributed by atoms with Gasteiger partial charge in [-0.15, -0.1) is 0 Å². The quantitative estimate of drug-likeness (QED) is 0.698. The molecule has 1 aromatic heterocycles. The first-order chi connectivity index (χ1) is 15.1. The Kier molecular flexibility index (Phi) is 6.60. The highest BCUT2D eigenvalue weighted by Gasteiger charge is 2.43. The molecular weight excluding hydrogens is 434 g/mol. The number of hydrogen-bond donors (Lipinski definition) is 1. The van der Waals surface area contributed by atoms with E-state index in [1.165, 1.54) is 19.4 Å². The molecule has 1 aliphatic heterocycles. The molecule has 3 rings (SSSR count). The van der Waals surface area contributed by atoms with Crippen molar-refractivity contribution in [2.45, 2.75) is 33.2 Å². The number of aliphatic carboxylic acids is 1. The lowest BCUT2D eigenvalue weighted by atomic mass is 9.72. The van der Waals surface area contributed by atoms with Crippen molar-refractivity contribution in [1.29, 1.82) is 5.26 Å². The molecule has 2 atom stereocenters. The lowest BCUT2D eigenvalue weighted by Gasteiger charge is -2.35. The summed E-state index contributed by atoms with van der Waals surface area (Å²) in [6.45, 7) is 6.07. The standard InChI is InChI=1S/C23H24ClN3O5/c1-23(2,3)20(17-7-8-32-26-17)21(22(29)30)27-12-18(31-4)16(10-19(27)28)15-9-14(24)6-5-13(15)11-25/h5-6,9-10,12,20-21H,7-8H2,1-4H3,(H,29,30). The fourth-order valence-corrected chi connectivity index (χ4v) is 4.24. The number of methoxy groups -OCH3 is 1. The van der Waals surface area contributed by atoms with Gasteiger partial charge in [0.15, 0.2) is 0 Å². The molecule has 168 valence electrons. The Bertz CT molecular complexity index is 1170. The summed E-state index contributed by atoms with van der Waals surface area (Å²) in [6, 6.07) is 6.81. The molecule has 0 amide bonds. The molecule has 8 nitrogen and oxygen atoms in total. The van der Waals surface area contributed by atoms with E-state index in [2.05, 4.69) is 11.2 Å². The van der Waals surface area contributed by atoms with Crippen molar-refractivity contribution in [2.24, 2.45) is 16.5 Å². The first-order valence-corrected chi connectivity index (χ1v) is 10.4. The Balaban J connectivity index is 2.23. The van der Waals surface area contributed by atoms with Crippen LogP contribution < -0.4 is 10.3 Å². The molecule has 2 unspecified atom stereocenters. The molecule has 2 heterocycles. The largest absolute Gasteiger partial charge is 0.495 e. The minimum absolute atomic E-state index is 0.242. The van der Waals surface area contributed by atoms with Gasteiger partial charge >= 0.3 is 5.97 Å². The summed E-state index contributed by atoms with van der Waals surface area (Å²) in [5.41, 5.74) is 0.610. The van der Waals surface area contributed by atoms with E-state index in [0.29, 0.717) is 40.5 Å². The normalized spacial score (nSPS) is 15.3. The number of carboxylic acid groups (broad SMARTS) is 1. The Morgan fingerprint density at radius 2 is 2.06 bits per heavy atom. The van der Waals surface area contributed by atoms with E-state index in [1.54, 1.807) is 18.2 Å². The number of ether oxygens (including phenoxy) is 1. The van der Waals surface area contributed by atoms with Gasteiger partial charge in [-0.3, -0.25) is 9.36 Å². The van der Waals surface area contributed by atoms with E-state index in [1.807, 2.05) is 20.8 Å². The molecule has 1 N–H and O–H groups in total. The zero-order valence-corrected chi connectivity index (χ0v) is 19.0. The summed E-state index contributed by atoms with van der Waals surface area (Å²) >= 11 is 6.11. The van der Waals surface area contributed by atoms with Gasteiger partial charge in [0.2, 0.25) is 0 Å². The van der Waals surface area contributed by atoms with Crippen LogP contribution in [0.2, 0.25) is 5.02 Å². The molecule has 32 heavy (non-hydrogen) atoms. The highest BCUT2D eigenvalue weighted by atomic mass is 35.5. The fourth-order valence-electron chi connectivity index (χ4n) is 4.07. The zero-order chi connectivity index (χ0) is 23.6. The average Bonchev–Trinajstić information content (AvgIpc) is 3.24. The molecule has 9 heteroatoms. The fraction of sp³-hybridized carbons (Fsp3) is 0.391. The van der Waals surface area contributed by atoms with E-state index in [9.17, 15) is 20.0 Å². The van der Waals surface area contributed by atoms with Gasteiger partial charge in [-0.05, 0) is 23.6 Å². The van der Waals surface area contributed by atoms with E-state index in [-0.39, 0.29) is 5.75 Å². The maximum Gasteiger partial charge on any atom is 0.327 e. The monoisotopic (exact) mass is 457 g/mol. The molecule has 1 aromatic carbocycles. The maximum absolute atomic E-state index is 13.2. The number of nitrogens with zero attached hydrogens (tertiary/aromatic N) is 3. The first-order valence-electron chi connectivity index (χ1n) is 10.00. The number of carbonyl (C=O) groups is 1. The van der Waals surface area contributed by atoms with Gasteiger partial charge in [0.05, 0.1) is 30.7 Å². The van der Waals surface area contributed by atoms with Gasteiger partial charge in [0, 0.05) is 34.6 Å². The number of rotatable bonds is 6. The predicted octanol–water partition coefficient (Wildman–Crippen LogP) is 4.11. The summed E-state index contributed by atoms with van der Waals surface area (Å²) in [7, 11) is 1.41. The molecule has 0 fully saturated rings. The van der Waals surface area contributed by atoms with Crippen molar-refractivity contribution in [3.8, 4) is 22.9 Å². The van der Waals surface area contributed by atoms with Crippen molar-refractivity contribution < 1.29 is 19.5 Å². The Labute approximate surface area is 190 Å². The molecule has 0 spiro atoms. The van der Waals surface area contributed by atoms with Crippen LogP contribution in [0.1, 0.15) is 38.8 Å². The van der Waals surface area contributed by atoms with Crippen LogP contribution in [-0.2, 0) is 9.63 Å². The van der Waals surface area contributed by atoms with Gasteiger partial charge in [-0.1, -0.05) is 37.5 Å². The highest BCUT2D eigenvalue weighted by Crippen LogP contribution is 2.39. The highest BCUT2D eigenvalue weighted by molar-refractivity contribution is 6.31. The number of carboxylic acids is 1. The van der Waals surface area contributed by atoms with Gasteiger partial charge < -0.3 is 14.7 Å². The summed E-state index contributed by atoms with van der Waals surface area (Å²) in [4.78, 5) is 30.8. The lowest BCUT2D eigenvalue weighted by Crippen LogP contribution is -2.43. The van der Waals surface area contributed by atoms with Crippen LogP contribution in [0.4, 0.5) is 0 Å². The summed E-state index contributed by atoms with van der Waals surface area (Å²) in [6.07, 6.45) is 1.86. The van der Waals surface area contributed by atoms with Crippen molar-refractivity contribution in [1.82, 2.24) is 4.57 Å². The third-order valence-electron chi connectivity index (χ3n) is 5.45. The van der Waals surface area contributed by atoms with Crippen LogP contribution in [0.25, 0.3) is 11.1 Å². The number of nitriles is 1. The minimum atomic E-state index is -1.24. The number of halogens is 1. The smallest absolute Gasteiger partial charge is 0.327 e. The molecule has 2 aromatic rings. The molecule has 0 radical (unpaired) electrons. The second kappa shape index (κ2) is 9.05. The first kappa shape index (κ1) is 23.4. The molecule has 0 aliphatic carbocycles. The number of pyridine rings is 1. The van der Waals surface area contributed by atoms with E-state index in [0.717, 1.165) is 4.57 Å². The van der Waals surface area contributed by atoms with Crippen LogP contribution in [-0.4, -0.2) is 35.1 Å². The Morgan fingerprint density at radius 3 is 2.59 bits per heavy atom. The Hall–Kier alpha value is -3.31. The number of aromatic nitrogens is 1. The molecular formula is C23H24ClN3O5. The van der Waals surface area contributed by atoms with Crippen molar-refractivity contribution in [2.75, 3.05) is 13.7 Å². The van der Waals surface area contributed by atoms with Gasteiger partial charge in [-0.2, -0.15) is 5.26 Å². The van der Waals surface area contributed by atoms with E-state index in [4.69, 9.17) is 21.2 Å². The predicted molar refractivity (Wildman–Crippen MR) is 120 cm³/mol. The van der Waals surface area contributed by atoms with Crippen LogP contribution >= 0.6 is 11.6 Å². The van der Waals surface area contributed by atoms with Crippen LogP contribution in [0.3, 0.4) is 0 Å². The number of oxime groups is 1. The number of benzene rings is 1. The third kappa shape index (κ3) is 4.48. The zero-order valence-electron chi connectivity index (χ0n) is 18.3. The third-order valence-corrected chi connectivity index (χ3v) is 5.68. The topological polar surface area (TPSA) is 114 Å². The summed E-state index contributed by atoms with van der Waals surface area (Å²) in [5, 5.41) is 24.1. The SMILES string of the molecule is COc1cn(C(C(=O)O)C(C2=NOCC2)C(C)(C)C)c(=O)cc1-c1cc(Cl)ccc1C#N. The van der Waals surface area contributed by atoms with Crippen molar-refractivity contribution in [3.63, 3.8) is 0 Å². The molecule has 0 saturated carbocycles. The second-order valence-corrected chi connectivity index (χ2v) is 9.03. The van der Waals surface area contributed by atoms with Gasteiger partial charge in [0.1, 0.15) is 18.4 Å². The van der Waals surface area contributed by atoms with Gasteiger partial charge in [-0.25, -0.2) is 4.79 Å². The minimum Gasteiger partial charge on any atom is -0.495 e. The van der Waals surface area contributed by atoms with E-state index >= 15 is 0 Å².